The second-order valence-electron chi connectivity index (χ2n) is 3.25. The van der Waals surface area contributed by atoms with Gasteiger partial charge in [-0.2, -0.15) is 0 Å². The van der Waals surface area contributed by atoms with Gasteiger partial charge in [0, 0.05) is 7.05 Å². The number of carbonyl (C=O) groups excluding carboxylic acids is 2. The lowest BCUT2D eigenvalue weighted by Crippen LogP contribution is -2.38. The van der Waals surface area contributed by atoms with Crippen LogP contribution in [-0.2, 0) is 14.3 Å². The van der Waals surface area contributed by atoms with Crippen molar-refractivity contribution in [1.82, 2.24) is 5.32 Å². The third-order valence-corrected chi connectivity index (χ3v) is 2.33. The molecule has 0 saturated heterocycles. The fourth-order valence-corrected chi connectivity index (χ4v) is 1.62. The average Bonchev–Trinajstić information content (AvgIpc) is 2.21. The first kappa shape index (κ1) is 10.8. The molecule has 1 N–H and O–H groups in total. The van der Waals surface area contributed by atoms with Crippen molar-refractivity contribution >= 4 is 12.6 Å². The number of hydrogen-bond donors (Lipinski definition) is 1. The van der Waals surface area contributed by atoms with Crippen LogP contribution in [0.3, 0.4) is 0 Å². The van der Waals surface area contributed by atoms with Gasteiger partial charge in [-0.25, -0.2) is 4.79 Å². The van der Waals surface area contributed by atoms with Crippen molar-refractivity contribution in [3.8, 4) is 0 Å². The van der Waals surface area contributed by atoms with E-state index < -0.39 is 6.09 Å². The molecule has 2 unspecified atom stereocenters. The molecule has 1 aliphatic carbocycles. The number of rotatable bonds is 3. The largest absolute Gasteiger partial charge is 0.461 e. The third-order valence-electron chi connectivity index (χ3n) is 2.33. The SMILES string of the molecule is CNC(=O)OC1CCCCC1OC=O. The molecule has 0 spiro atoms. The van der Waals surface area contributed by atoms with E-state index in [1.165, 1.54) is 7.05 Å². The molecule has 14 heavy (non-hydrogen) atoms. The lowest BCUT2D eigenvalue weighted by molar-refractivity contribution is -0.142. The zero-order chi connectivity index (χ0) is 10.4. The van der Waals surface area contributed by atoms with Crippen LogP contribution in [0.5, 0.6) is 0 Å². The summed E-state index contributed by atoms with van der Waals surface area (Å²) in [5.41, 5.74) is 0. The van der Waals surface area contributed by atoms with Gasteiger partial charge in [0.15, 0.2) is 0 Å². The second-order valence-corrected chi connectivity index (χ2v) is 3.25. The Morgan fingerprint density at radius 1 is 1.36 bits per heavy atom. The van der Waals surface area contributed by atoms with E-state index in [2.05, 4.69) is 5.32 Å². The van der Waals surface area contributed by atoms with Crippen LogP contribution in [0.4, 0.5) is 4.79 Å². The van der Waals surface area contributed by atoms with E-state index >= 15 is 0 Å². The molecule has 5 nitrogen and oxygen atoms in total. The van der Waals surface area contributed by atoms with Crippen molar-refractivity contribution in [3.05, 3.63) is 0 Å². The number of amides is 1. The van der Waals surface area contributed by atoms with Crippen LogP contribution in [0.2, 0.25) is 0 Å². The zero-order valence-corrected chi connectivity index (χ0v) is 8.19. The molecule has 0 radical (unpaired) electrons. The maximum atomic E-state index is 11.0. The molecule has 0 aromatic carbocycles. The molecular weight excluding hydrogens is 186 g/mol. The zero-order valence-electron chi connectivity index (χ0n) is 8.19. The summed E-state index contributed by atoms with van der Waals surface area (Å²) >= 11 is 0. The van der Waals surface area contributed by atoms with E-state index in [1.54, 1.807) is 0 Å². The monoisotopic (exact) mass is 201 g/mol. The fraction of sp³-hybridized carbons (Fsp3) is 0.778. The number of ether oxygens (including phenoxy) is 2. The molecule has 0 aliphatic heterocycles. The summed E-state index contributed by atoms with van der Waals surface area (Å²) < 4.78 is 9.93. The molecule has 2 atom stereocenters. The highest BCUT2D eigenvalue weighted by Gasteiger charge is 2.29. The summed E-state index contributed by atoms with van der Waals surface area (Å²) in [6.07, 6.45) is 2.47. The van der Waals surface area contributed by atoms with Crippen LogP contribution in [0.1, 0.15) is 25.7 Å². The highest BCUT2D eigenvalue weighted by molar-refractivity contribution is 5.66. The van der Waals surface area contributed by atoms with Gasteiger partial charge in [0.2, 0.25) is 0 Å². The summed E-state index contributed by atoms with van der Waals surface area (Å²) in [4.78, 5) is 21.1. The third kappa shape index (κ3) is 2.90. The van der Waals surface area contributed by atoms with Gasteiger partial charge in [-0.05, 0) is 25.7 Å². The Labute approximate surface area is 82.8 Å². The molecular formula is C9H15NO4. The number of carbonyl (C=O) groups is 2. The first-order chi connectivity index (χ1) is 6.77. The highest BCUT2D eigenvalue weighted by Crippen LogP contribution is 2.23. The van der Waals surface area contributed by atoms with Crippen molar-refractivity contribution in [3.63, 3.8) is 0 Å². The van der Waals surface area contributed by atoms with E-state index in [0.29, 0.717) is 6.47 Å². The molecule has 0 bridgehead atoms. The van der Waals surface area contributed by atoms with Crippen LogP contribution >= 0.6 is 0 Å². The Hall–Kier alpha value is -1.26. The summed E-state index contributed by atoms with van der Waals surface area (Å²) in [6, 6.07) is 0. The molecule has 1 rings (SSSR count). The predicted octanol–water partition coefficient (Wildman–Crippen LogP) is 0.827. The van der Waals surface area contributed by atoms with Crippen molar-refractivity contribution in [2.24, 2.45) is 0 Å². The minimum Gasteiger partial charge on any atom is -0.461 e. The number of hydrogen-bond acceptors (Lipinski definition) is 4. The first-order valence-corrected chi connectivity index (χ1v) is 4.75. The van der Waals surface area contributed by atoms with Gasteiger partial charge < -0.3 is 14.8 Å². The molecule has 0 aromatic rings. The van der Waals surface area contributed by atoms with Crippen molar-refractivity contribution < 1.29 is 19.1 Å². The van der Waals surface area contributed by atoms with E-state index in [1.807, 2.05) is 0 Å². The lowest BCUT2D eigenvalue weighted by atomic mass is 9.95. The maximum absolute atomic E-state index is 11.0. The molecule has 1 aliphatic rings. The molecule has 80 valence electrons. The second kappa shape index (κ2) is 5.47. The van der Waals surface area contributed by atoms with Gasteiger partial charge in [-0.1, -0.05) is 0 Å². The summed E-state index contributed by atoms with van der Waals surface area (Å²) in [5, 5.41) is 2.37. The molecule has 0 heterocycles. The van der Waals surface area contributed by atoms with E-state index in [0.717, 1.165) is 25.7 Å². The number of nitrogens with one attached hydrogen (secondary N) is 1. The molecule has 1 fully saturated rings. The van der Waals surface area contributed by atoms with Gasteiger partial charge in [0.25, 0.3) is 6.47 Å². The topological polar surface area (TPSA) is 64.6 Å². The molecule has 1 amide bonds. The minimum absolute atomic E-state index is 0.279. The first-order valence-electron chi connectivity index (χ1n) is 4.75. The molecule has 5 heteroatoms. The van der Waals surface area contributed by atoms with Crippen LogP contribution in [0.25, 0.3) is 0 Å². The van der Waals surface area contributed by atoms with E-state index in [9.17, 15) is 9.59 Å². The summed E-state index contributed by atoms with van der Waals surface area (Å²) in [6.45, 7) is 0.413. The van der Waals surface area contributed by atoms with Crippen LogP contribution in [-0.4, -0.2) is 31.8 Å². The Kier molecular flexibility index (Phi) is 4.22. The standard InChI is InChI=1S/C9H15NO4/c1-10-9(12)14-8-5-3-2-4-7(8)13-6-11/h6-8H,2-5H2,1H3,(H,10,12). The Bertz CT molecular complexity index is 207. The normalized spacial score (nSPS) is 26.4. The van der Waals surface area contributed by atoms with Crippen LogP contribution < -0.4 is 5.32 Å². The van der Waals surface area contributed by atoms with Crippen molar-refractivity contribution in [1.29, 1.82) is 0 Å². The van der Waals surface area contributed by atoms with Gasteiger partial charge in [0.05, 0.1) is 0 Å². The lowest BCUT2D eigenvalue weighted by Gasteiger charge is -2.29. The number of alkyl carbamates (subject to hydrolysis) is 1. The maximum Gasteiger partial charge on any atom is 0.407 e. The Balaban J connectivity index is 2.44. The van der Waals surface area contributed by atoms with E-state index in [4.69, 9.17) is 9.47 Å². The molecule has 0 aromatic heterocycles. The van der Waals surface area contributed by atoms with Gasteiger partial charge >= 0.3 is 6.09 Å². The van der Waals surface area contributed by atoms with Gasteiger partial charge in [-0.15, -0.1) is 0 Å². The minimum atomic E-state index is -0.476. The van der Waals surface area contributed by atoms with Crippen LogP contribution in [0.15, 0.2) is 0 Å². The highest BCUT2D eigenvalue weighted by atomic mass is 16.6. The van der Waals surface area contributed by atoms with Gasteiger partial charge in [0.1, 0.15) is 12.2 Å². The Morgan fingerprint density at radius 2 is 2.00 bits per heavy atom. The van der Waals surface area contributed by atoms with E-state index in [-0.39, 0.29) is 12.2 Å². The van der Waals surface area contributed by atoms with Crippen molar-refractivity contribution in [2.75, 3.05) is 7.05 Å². The summed E-state index contributed by atoms with van der Waals surface area (Å²) in [7, 11) is 1.50. The smallest absolute Gasteiger partial charge is 0.407 e. The fourth-order valence-electron chi connectivity index (χ4n) is 1.62. The Morgan fingerprint density at radius 3 is 2.57 bits per heavy atom. The van der Waals surface area contributed by atoms with Crippen LogP contribution in [0, 0.1) is 0 Å². The average molecular weight is 201 g/mol. The molecule has 1 saturated carbocycles. The predicted molar refractivity (Wildman–Crippen MR) is 48.7 cm³/mol. The summed E-state index contributed by atoms with van der Waals surface area (Å²) in [5.74, 6) is 0. The quantitative estimate of drug-likeness (QED) is 0.687. The van der Waals surface area contributed by atoms with Crippen molar-refractivity contribution in [2.45, 2.75) is 37.9 Å². The van der Waals surface area contributed by atoms with Gasteiger partial charge in [-0.3, -0.25) is 4.79 Å².